The van der Waals surface area contributed by atoms with Crippen molar-refractivity contribution in [1.82, 2.24) is 5.32 Å². The molecule has 0 aliphatic heterocycles. The van der Waals surface area contributed by atoms with E-state index in [2.05, 4.69) is 46.5 Å². The highest BCUT2D eigenvalue weighted by molar-refractivity contribution is 4.73. The summed E-state index contributed by atoms with van der Waals surface area (Å²) >= 11 is 0. The molecule has 0 heterocycles. The molecule has 0 radical (unpaired) electrons. The average Bonchev–Trinajstić information content (AvgIpc) is 2.01. The van der Waals surface area contributed by atoms with Crippen LogP contribution in [0.2, 0.25) is 0 Å². The summed E-state index contributed by atoms with van der Waals surface area (Å²) in [5.74, 6) is 0. The van der Waals surface area contributed by atoms with Crippen LogP contribution in [-0.4, -0.2) is 18.8 Å². The van der Waals surface area contributed by atoms with Crippen molar-refractivity contribution >= 4 is 0 Å². The van der Waals surface area contributed by atoms with Gasteiger partial charge in [0.05, 0.1) is 5.60 Å². The van der Waals surface area contributed by atoms with E-state index in [1.165, 1.54) is 0 Å². The Morgan fingerprint density at radius 3 is 2.20 bits per heavy atom. The number of rotatable bonds is 7. The molecule has 90 valence electrons. The van der Waals surface area contributed by atoms with Gasteiger partial charge in [0, 0.05) is 13.2 Å². The summed E-state index contributed by atoms with van der Waals surface area (Å²) in [5.41, 5.74) is 0.316. The predicted molar refractivity (Wildman–Crippen MR) is 66.9 cm³/mol. The van der Waals surface area contributed by atoms with Crippen LogP contribution in [0, 0.1) is 5.41 Å². The molecule has 0 aromatic rings. The summed E-state index contributed by atoms with van der Waals surface area (Å²) in [6.45, 7) is 16.4. The molecule has 0 rings (SSSR count). The monoisotopic (exact) mass is 213 g/mol. The van der Waals surface area contributed by atoms with Gasteiger partial charge >= 0.3 is 0 Å². The third kappa shape index (κ3) is 9.80. The van der Waals surface area contributed by atoms with Crippen LogP contribution in [0.1, 0.15) is 47.5 Å². The first kappa shape index (κ1) is 14.5. The third-order valence-electron chi connectivity index (χ3n) is 2.36. The molecular weight excluding hydrogens is 186 g/mol. The zero-order valence-electron chi connectivity index (χ0n) is 11.0. The van der Waals surface area contributed by atoms with Crippen LogP contribution in [-0.2, 0) is 4.74 Å². The number of ether oxygens (including phenoxy) is 1. The van der Waals surface area contributed by atoms with Gasteiger partial charge in [-0.1, -0.05) is 27.4 Å². The van der Waals surface area contributed by atoms with Crippen molar-refractivity contribution in [3.05, 3.63) is 12.8 Å². The standard InChI is InChI=1S/C13H27NO/c1-7-14-10-8-13(5,6)15-11-9-12(2,3)4/h7,14H,1,8-11H2,2-6H3. The second kappa shape index (κ2) is 6.16. The SMILES string of the molecule is C=CNCCC(C)(C)OCCC(C)(C)C. The van der Waals surface area contributed by atoms with E-state index < -0.39 is 0 Å². The Bertz CT molecular complexity index is 179. The summed E-state index contributed by atoms with van der Waals surface area (Å²) < 4.78 is 5.88. The fourth-order valence-corrected chi connectivity index (χ4v) is 1.18. The van der Waals surface area contributed by atoms with E-state index in [0.717, 1.165) is 26.0 Å². The van der Waals surface area contributed by atoms with Crippen LogP contribution in [0.15, 0.2) is 12.8 Å². The van der Waals surface area contributed by atoms with E-state index >= 15 is 0 Å². The molecule has 0 unspecified atom stereocenters. The minimum atomic E-state index is -0.0404. The number of hydrogen-bond donors (Lipinski definition) is 1. The zero-order valence-corrected chi connectivity index (χ0v) is 11.0. The summed E-state index contributed by atoms with van der Waals surface area (Å²) in [6, 6.07) is 0. The van der Waals surface area contributed by atoms with E-state index in [0.29, 0.717) is 5.41 Å². The fourth-order valence-electron chi connectivity index (χ4n) is 1.18. The van der Waals surface area contributed by atoms with Crippen molar-refractivity contribution in [2.24, 2.45) is 5.41 Å². The lowest BCUT2D eigenvalue weighted by atomic mass is 9.93. The van der Waals surface area contributed by atoms with Crippen molar-refractivity contribution in [2.45, 2.75) is 53.1 Å². The Hall–Kier alpha value is -0.500. The molecule has 1 N–H and O–H groups in total. The largest absolute Gasteiger partial charge is 0.391 e. The maximum absolute atomic E-state index is 5.88. The zero-order chi connectivity index (χ0) is 11.9. The van der Waals surface area contributed by atoms with E-state index in [4.69, 9.17) is 4.74 Å². The quantitative estimate of drug-likeness (QED) is 0.655. The highest BCUT2D eigenvalue weighted by Crippen LogP contribution is 2.21. The molecule has 0 atom stereocenters. The van der Waals surface area contributed by atoms with Crippen LogP contribution in [0.25, 0.3) is 0 Å². The highest BCUT2D eigenvalue weighted by Gasteiger charge is 2.19. The lowest BCUT2D eigenvalue weighted by Gasteiger charge is -2.27. The van der Waals surface area contributed by atoms with Gasteiger partial charge in [0.1, 0.15) is 0 Å². The molecule has 2 nitrogen and oxygen atoms in total. The van der Waals surface area contributed by atoms with Gasteiger partial charge in [-0.05, 0) is 38.3 Å². The van der Waals surface area contributed by atoms with Gasteiger partial charge < -0.3 is 10.1 Å². The van der Waals surface area contributed by atoms with Crippen LogP contribution < -0.4 is 5.32 Å². The molecule has 0 saturated carbocycles. The van der Waals surface area contributed by atoms with E-state index in [1.54, 1.807) is 6.20 Å². The molecule has 0 amide bonds. The first-order valence-corrected chi connectivity index (χ1v) is 5.75. The molecule has 0 aliphatic carbocycles. The van der Waals surface area contributed by atoms with Crippen molar-refractivity contribution in [2.75, 3.05) is 13.2 Å². The number of hydrogen-bond acceptors (Lipinski definition) is 2. The van der Waals surface area contributed by atoms with Crippen LogP contribution >= 0.6 is 0 Å². The average molecular weight is 213 g/mol. The van der Waals surface area contributed by atoms with Crippen molar-refractivity contribution in [1.29, 1.82) is 0 Å². The molecule has 0 saturated heterocycles. The van der Waals surface area contributed by atoms with Crippen molar-refractivity contribution in [3.8, 4) is 0 Å². The lowest BCUT2D eigenvalue weighted by Crippen LogP contribution is -2.30. The van der Waals surface area contributed by atoms with Gasteiger partial charge in [-0.25, -0.2) is 0 Å². The lowest BCUT2D eigenvalue weighted by molar-refractivity contribution is -0.0320. The molecule has 0 aliphatic rings. The first-order chi connectivity index (χ1) is 6.77. The highest BCUT2D eigenvalue weighted by atomic mass is 16.5. The minimum absolute atomic E-state index is 0.0404. The molecule has 0 aromatic heterocycles. The summed E-state index contributed by atoms with van der Waals surface area (Å²) in [7, 11) is 0. The molecule has 0 aromatic carbocycles. The smallest absolute Gasteiger partial charge is 0.0643 e. The van der Waals surface area contributed by atoms with E-state index in [1.807, 2.05) is 0 Å². The number of nitrogens with one attached hydrogen (secondary N) is 1. The summed E-state index contributed by atoms with van der Waals surface area (Å²) in [4.78, 5) is 0. The normalized spacial score (nSPS) is 12.6. The summed E-state index contributed by atoms with van der Waals surface area (Å²) in [6.07, 6.45) is 3.83. The Kier molecular flexibility index (Phi) is 5.96. The molecule has 0 fully saturated rings. The Morgan fingerprint density at radius 1 is 1.13 bits per heavy atom. The second-order valence-electron chi connectivity index (χ2n) is 5.83. The van der Waals surface area contributed by atoms with Crippen LogP contribution in [0.5, 0.6) is 0 Å². The van der Waals surface area contributed by atoms with Gasteiger partial charge in [-0.2, -0.15) is 0 Å². The second-order valence-corrected chi connectivity index (χ2v) is 5.83. The maximum atomic E-state index is 5.88. The van der Waals surface area contributed by atoms with Crippen molar-refractivity contribution < 1.29 is 4.74 Å². The Balaban J connectivity index is 3.68. The molecule has 15 heavy (non-hydrogen) atoms. The van der Waals surface area contributed by atoms with E-state index in [9.17, 15) is 0 Å². The van der Waals surface area contributed by atoms with Gasteiger partial charge in [-0.15, -0.1) is 0 Å². The predicted octanol–water partition coefficient (Wildman–Crippen LogP) is 3.34. The topological polar surface area (TPSA) is 21.3 Å². The van der Waals surface area contributed by atoms with Gasteiger partial charge in [0.25, 0.3) is 0 Å². The summed E-state index contributed by atoms with van der Waals surface area (Å²) in [5, 5.41) is 3.09. The molecule has 0 spiro atoms. The van der Waals surface area contributed by atoms with Crippen LogP contribution in [0.4, 0.5) is 0 Å². The van der Waals surface area contributed by atoms with Crippen LogP contribution in [0.3, 0.4) is 0 Å². The third-order valence-corrected chi connectivity index (χ3v) is 2.36. The van der Waals surface area contributed by atoms with Gasteiger partial charge in [0.2, 0.25) is 0 Å². The first-order valence-electron chi connectivity index (χ1n) is 5.75. The van der Waals surface area contributed by atoms with Gasteiger partial charge in [0.15, 0.2) is 0 Å². The minimum Gasteiger partial charge on any atom is -0.391 e. The molecular formula is C13H27NO. The molecule has 2 heteroatoms. The van der Waals surface area contributed by atoms with Gasteiger partial charge in [-0.3, -0.25) is 0 Å². The van der Waals surface area contributed by atoms with E-state index in [-0.39, 0.29) is 5.60 Å². The maximum Gasteiger partial charge on any atom is 0.0643 e. The molecule has 0 bridgehead atoms. The Morgan fingerprint density at radius 2 is 1.73 bits per heavy atom. The Labute approximate surface area is 95.1 Å². The fraction of sp³-hybridized carbons (Fsp3) is 0.846. The van der Waals surface area contributed by atoms with Crippen molar-refractivity contribution in [3.63, 3.8) is 0 Å².